The highest BCUT2D eigenvalue weighted by Crippen LogP contribution is 2.33. The first-order valence-electron chi connectivity index (χ1n) is 8.51. The van der Waals surface area contributed by atoms with E-state index in [2.05, 4.69) is 18.2 Å². The first-order chi connectivity index (χ1) is 12.8. The zero-order chi connectivity index (χ0) is 17.5. The number of aromatic nitrogens is 1. The van der Waals surface area contributed by atoms with E-state index in [1.54, 1.807) is 0 Å². The van der Waals surface area contributed by atoms with Gasteiger partial charge in [-0.2, -0.15) is 0 Å². The van der Waals surface area contributed by atoms with Gasteiger partial charge in [0.05, 0.1) is 5.69 Å². The van der Waals surface area contributed by atoms with E-state index in [1.807, 2.05) is 77.4 Å². The van der Waals surface area contributed by atoms with Crippen molar-refractivity contribution in [2.75, 3.05) is 0 Å². The Kier molecular flexibility index (Phi) is 3.25. The van der Waals surface area contributed by atoms with Gasteiger partial charge in [0.1, 0.15) is 11.1 Å². The fourth-order valence-electron chi connectivity index (χ4n) is 3.51. The van der Waals surface area contributed by atoms with Gasteiger partial charge >= 0.3 is 5.63 Å². The predicted molar refractivity (Wildman–Crippen MR) is 105 cm³/mol. The van der Waals surface area contributed by atoms with Crippen molar-refractivity contribution in [3.63, 3.8) is 0 Å². The normalized spacial score (nSPS) is 11.2. The van der Waals surface area contributed by atoms with Gasteiger partial charge in [-0.05, 0) is 29.8 Å². The smallest absolute Gasteiger partial charge is 0.361 e. The van der Waals surface area contributed by atoms with Crippen LogP contribution in [0.4, 0.5) is 0 Å². The van der Waals surface area contributed by atoms with Crippen LogP contribution < -0.4 is 5.63 Å². The highest BCUT2D eigenvalue weighted by atomic mass is 16.4. The van der Waals surface area contributed by atoms with Gasteiger partial charge in [0, 0.05) is 16.5 Å². The van der Waals surface area contributed by atoms with Crippen molar-refractivity contribution in [2.24, 2.45) is 0 Å². The number of para-hydroxylation sites is 2. The van der Waals surface area contributed by atoms with E-state index in [1.165, 1.54) is 0 Å². The summed E-state index contributed by atoms with van der Waals surface area (Å²) < 4.78 is 7.60. The van der Waals surface area contributed by atoms with Gasteiger partial charge < -0.3 is 8.98 Å². The van der Waals surface area contributed by atoms with Crippen LogP contribution in [0.15, 0.2) is 100 Å². The van der Waals surface area contributed by atoms with Gasteiger partial charge in [0.25, 0.3) is 0 Å². The van der Waals surface area contributed by atoms with Crippen molar-refractivity contribution in [1.82, 2.24) is 4.57 Å². The summed E-state index contributed by atoms with van der Waals surface area (Å²) in [6.07, 6.45) is 0. The molecule has 0 aliphatic rings. The molecule has 2 heterocycles. The van der Waals surface area contributed by atoms with E-state index in [4.69, 9.17) is 4.42 Å². The molecule has 0 saturated carbocycles. The molecule has 0 aliphatic heterocycles. The number of rotatable bonds is 2. The molecule has 26 heavy (non-hydrogen) atoms. The molecule has 0 bridgehead atoms. The Morgan fingerprint density at radius 2 is 1.35 bits per heavy atom. The summed E-state index contributed by atoms with van der Waals surface area (Å²) in [5.41, 5.74) is 3.80. The number of hydrogen-bond donors (Lipinski definition) is 0. The zero-order valence-electron chi connectivity index (χ0n) is 13.9. The van der Waals surface area contributed by atoms with Gasteiger partial charge in [-0.15, -0.1) is 0 Å². The molecule has 5 rings (SSSR count). The standard InChI is InChI=1S/C23H15NO2/c25-23-22-19(18-13-7-8-14-21(18)26-23)15-20(16-9-3-1-4-10-16)24(22)17-11-5-2-6-12-17/h1-15H. The second-order valence-electron chi connectivity index (χ2n) is 6.21. The molecular formula is C23H15NO2. The van der Waals surface area contributed by atoms with E-state index >= 15 is 0 Å². The molecule has 0 amide bonds. The molecule has 0 fully saturated rings. The summed E-state index contributed by atoms with van der Waals surface area (Å²) in [4.78, 5) is 12.8. The minimum atomic E-state index is -0.329. The van der Waals surface area contributed by atoms with Crippen LogP contribution in [-0.2, 0) is 0 Å². The Labute approximate surface area is 149 Å². The van der Waals surface area contributed by atoms with Crippen molar-refractivity contribution in [3.8, 4) is 16.9 Å². The van der Waals surface area contributed by atoms with E-state index in [0.717, 1.165) is 27.7 Å². The lowest BCUT2D eigenvalue weighted by Gasteiger charge is -2.10. The second-order valence-corrected chi connectivity index (χ2v) is 6.21. The first-order valence-corrected chi connectivity index (χ1v) is 8.51. The summed E-state index contributed by atoms with van der Waals surface area (Å²) in [6, 6.07) is 29.8. The summed E-state index contributed by atoms with van der Waals surface area (Å²) in [5, 5.41) is 1.84. The first kappa shape index (κ1) is 14.7. The fourth-order valence-corrected chi connectivity index (χ4v) is 3.51. The van der Waals surface area contributed by atoms with Crippen LogP contribution in [0.25, 0.3) is 38.8 Å². The highest BCUT2D eigenvalue weighted by molar-refractivity contribution is 6.06. The minimum Gasteiger partial charge on any atom is -0.421 e. The molecule has 0 saturated heterocycles. The SMILES string of the molecule is O=c1oc2ccccc2c2cc(-c3ccccc3)n(-c3ccccc3)c12. The van der Waals surface area contributed by atoms with Crippen LogP contribution in [0.5, 0.6) is 0 Å². The van der Waals surface area contributed by atoms with Gasteiger partial charge in [-0.1, -0.05) is 66.7 Å². The van der Waals surface area contributed by atoms with E-state index in [9.17, 15) is 4.79 Å². The van der Waals surface area contributed by atoms with Crippen molar-refractivity contribution < 1.29 is 4.42 Å². The Bertz CT molecular complexity index is 1280. The van der Waals surface area contributed by atoms with Crippen molar-refractivity contribution >= 4 is 21.9 Å². The Morgan fingerprint density at radius 3 is 2.12 bits per heavy atom. The van der Waals surface area contributed by atoms with Crippen molar-refractivity contribution in [2.45, 2.75) is 0 Å². The van der Waals surface area contributed by atoms with Crippen LogP contribution in [0.2, 0.25) is 0 Å². The largest absolute Gasteiger partial charge is 0.421 e. The lowest BCUT2D eigenvalue weighted by atomic mass is 10.1. The molecular weight excluding hydrogens is 322 g/mol. The minimum absolute atomic E-state index is 0.329. The third-order valence-electron chi connectivity index (χ3n) is 4.66. The topological polar surface area (TPSA) is 35.1 Å². The van der Waals surface area contributed by atoms with E-state index in [-0.39, 0.29) is 5.63 Å². The van der Waals surface area contributed by atoms with Gasteiger partial charge in [0.15, 0.2) is 0 Å². The van der Waals surface area contributed by atoms with Gasteiger partial charge in [-0.3, -0.25) is 0 Å². The predicted octanol–water partition coefficient (Wildman–Crippen LogP) is 5.40. The molecule has 3 aromatic carbocycles. The molecule has 0 spiro atoms. The quantitative estimate of drug-likeness (QED) is 0.404. The second kappa shape index (κ2) is 5.74. The van der Waals surface area contributed by atoms with E-state index < -0.39 is 0 Å². The van der Waals surface area contributed by atoms with Gasteiger partial charge in [0.2, 0.25) is 0 Å². The van der Waals surface area contributed by atoms with Crippen molar-refractivity contribution in [3.05, 3.63) is 101 Å². The highest BCUT2D eigenvalue weighted by Gasteiger charge is 2.18. The average Bonchev–Trinajstić information content (AvgIpc) is 3.11. The third-order valence-corrected chi connectivity index (χ3v) is 4.66. The van der Waals surface area contributed by atoms with Crippen LogP contribution in [0, 0.1) is 0 Å². The summed E-state index contributed by atoms with van der Waals surface area (Å²) >= 11 is 0. The molecule has 0 unspecified atom stereocenters. The molecule has 124 valence electrons. The van der Waals surface area contributed by atoms with Crippen LogP contribution in [0.1, 0.15) is 0 Å². The third kappa shape index (κ3) is 2.18. The Hall–Kier alpha value is -3.59. The number of benzene rings is 3. The summed E-state index contributed by atoms with van der Waals surface area (Å²) in [6.45, 7) is 0. The lowest BCUT2D eigenvalue weighted by molar-refractivity contribution is 0.567. The van der Waals surface area contributed by atoms with Crippen molar-refractivity contribution in [1.29, 1.82) is 0 Å². The maximum absolute atomic E-state index is 12.8. The number of hydrogen-bond acceptors (Lipinski definition) is 2. The van der Waals surface area contributed by atoms with Crippen LogP contribution in [-0.4, -0.2) is 4.57 Å². The number of fused-ring (bicyclic) bond motifs is 3. The maximum Gasteiger partial charge on any atom is 0.361 e. The monoisotopic (exact) mass is 337 g/mol. The Balaban J connectivity index is 1.99. The maximum atomic E-state index is 12.8. The van der Waals surface area contributed by atoms with E-state index in [0.29, 0.717) is 11.1 Å². The fraction of sp³-hybridized carbons (Fsp3) is 0. The Morgan fingerprint density at radius 1 is 0.692 bits per heavy atom. The zero-order valence-corrected chi connectivity index (χ0v) is 13.9. The summed E-state index contributed by atoms with van der Waals surface area (Å²) in [7, 11) is 0. The average molecular weight is 337 g/mol. The van der Waals surface area contributed by atoms with Crippen LogP contribution in [0.3, 0.4) is 0 Å². The molecule has 0 radical (unpaired) electrons. The summed E-state index contributed by atoms with van der Waals surface area (Å²) in [5.74, 6) is 0. The van der Waals surface area contributed by atoms with Crippen LogP contribution >= 0.6 is 0 Å². The molecule has 0 N–H and O–H groups in total. The molecule has 0 aliphatic carbocycles. The molecule has 3 heteroatoms. The molecule has 0 atom stereocenters. The molecule has 2 aromatic heterocycles. The molecule has 3 nitrogen and oxygen atoms in total. The number of nitrogens with zero attached hydrogens (tertiary/aromatic N) is 1. The van der Waals surface area contributed by atoms with Gasteiger partial charge in [-0.25, -0.2) is 4.79 Å². The molecule has 5 aromatic rings. The lowest BCUT2D eigenvalue weighted by Crippen LogP contribution is -2.06.